The molecule has 0 aliphatic carbocycles. The second kappa shape index (κ2) is 3.87. The van der Waals surface area contributed by atoms with E-state index in [1.807, 2.05) is 0 Å². The molecule has 0 aromatic heterocycles. The second-order valence-electron chi connectivity index (χ2n) is 3.24. The molecule has 1 fully saturated rings. The van der Waals surface area contributed by atoms with Crippen molar-refractivity contribution in [2.24, 2.45) is 5.73 Å². The summed E-state index contributed by atoms with van der Waals surface area (Å²) in [6.45, 7) is 2.50. The van der Waals surface area contributed by atoms with Crippen LogP contribution in [0.5, 0.6) is 0 Å². The van der Waals surface area contributed by atoms with E-state index in [-0.39, 0.29) is 18.5 Å². The number of hydrogen-bond acceptors (Lipinski definition) is 3. The minimum Gasteiger partial charge on any atom is -0.391 e. The van der Waals surface area contributed by atoms with Crippen molar-refractivity contribution in [3.8, 4) is 0 Å². The van der Waals surface area contributed by atoms with Gasteiger partial charge in [-0.3, -0.25) is 4.79 Å². The van der Waals surface area contributed by atoms with Crippen molar-refractivity contribution in [3.05, 3.63) is 0 Å². The fourth-order valence-corrected chi connectivity index (χ4v) is 1.72. The third-order valence-electron chi connectivity index (χ3n) is 2.35. The predicted molar refractivity (Wildman–Crippen MR) is 45.5 cm³/mol. The number of nitrogens with zero attached hydrogens (tertiary/aromatic N) is 1. The van der Waals surface area contributed by atoms with Gasteiger partial charge in [0, 0.05) is 6.54 Å². The first-order valence-electron chi connectivity index (χ1n) is 4.34. The van der Waals surface area contributed by atoms with Gasteiger partial charge < -0.3 is 15.7 Å². The number of aliphatic hydroxyl groups is 1. The summed E-state index contributed by atoms with van der Waals surface area (Å²) in [6, 6.07) is -0.0129. The molecule has 1 aliphatic rings. The van der Waals surface area contributed by atoms with Crippen LogP contribution >= 0.6 is 0 Å². The van der Waals surface area contributed by atoms with Gasteiger partial charge in [-0.15, -0.1) is 0 Å². The van der Waals surface area contributed by atoms with Crippen molar-refractivity contribution in [1.82, 2.24) is 4.90 Å². The molecule has 1 heterocycles. The van der Waals surface area contributed by atoms with Gasteiger partial charge in [-0.25, -0.2) is 0 Å². The molecule has 1 aliphatic heterocycles. The first-order chi connectivity index (χ1) is 5.66. The van der Waals surface area contributed by atoms with Gasteiger partial charge in [-0.1, -0.05) is 0 Å². The largest absolute Gasteiger partial charge is 0.391 e. The molecule has 3 N–H and O–H groups in total. The monoisotopic (exact) mass is 172 g/mol. The van der Waals surface area contributed by atoms with E-state index >= 15 is 0 Å². The van der Waals surface area contributed by atoms with E-state index in [9.17, 15) is 9.90 Å². The summed E-state index contributed by atoms with van der Waals surface area (Å²) in [5, 5.41) is 9.33. The first-order valence-corrected chi connectivity index (χ1v) is 4.34. The Morgan fingerprint density at radius 2 is 2.50 bits per heavy atom. The molecule has 12 heavy (non-hydrogen) atoms. The van der Waals surface area contributed by atoms with Crippen molar-refractivity contribution in [3.63, 3.8) is 0 Å². The Morgan fingerprint density at radius 3 is 3.00 bits per heavy atom. The van der Waals surface area contributed by atoms with Crippen LogP contribution in [0.25, 0.3) is 0 Å². The van der Waals surface area contributed by atoms with E-state index < -0.39 is 6.10 Å². The highest BCUT2D eigenvalue weighted by molar-refractivity contribution is 5.78. The maximum absolute atomic E-state index is 11.2. The average molecular weight is 172 g/mol. The summed E-state index contributed by atoms with van der Waals surface area (Å²) < 4.78 is 0. The molecule has 0 aromatic carbocycles. The minimum atomic E-state index is -0.442. The van der Waals surface area contributed by atoms with Crippen LogP contribution in [0.4, 0.5) is 0 Å². The highest BCUT2D eigenvalue weighted by Crippen LogP contribution is 2.19. The van der Waals surface area contributed by atoms with Gasteiger partial charge in [0.05, 0.1) is 18.7 Å². The maximum atomic E-state index is 11.2. The molecule has 0 aromatic rings. The SMILES string of the molecule is C[C@@H](O)[C@@H]1CCCN1C(=O)CN. The molecule has 0 spiro atoms. The molecule has 2 atom stereocenters. The zero-order chi connectivity index (χ0) is 9.14. The Bertz CT molecular complexity index is 170. The zero-order valence-electron chi connectivity index (χ0n) is 7.36. The second-order valence-corrected chi connectivity index (χ2v) is 3.24. The lowest BCUT2D eigenvalue weighted by atomic mass is 10.1. The molecule has 1 amide bonds. The fraction of sp³-hybridized carbons (Fsp3) is 0.875. The summed E-state index contributed by atoms with van der Waals surface area (Å²) in [5.41, 5.74) is 5.24. The lowest BCUT2D eigenvalue weighted by Gasteiger charge is -2.26. The molecule has 4 nitrogen and oxygen atoms in total. The average Bonchev–Trinajstić information content (AvgIpc) is 2.50. The summed E-state index contributed by atoms with van der Waals surface area (Å²) in [6.07, 6.45) is 1.42. The number of likely N-dealkylation sites (tertiary alicyclic amines) is 1. The normalized spacial score (nSPS) is 25.9. The van der Waals surface area contributed by atoms with Gasteiger partial charge in [-0.05, 0) is 19.8 Å². The number of carbonyl (C=O) groups excluding carboxylic acids is 1. The van der Waals surface area contributed by atoms with Gasteiger partial charge in [0.25, 0.3) is 0 Å². The Labute approximate surface area is 72.3 Å². The lowest BCUT2D eigenvalue weighted by Crippen LogP contribution is -2.44. The number of amides is 1. The van der Waals surface area contributed by atoms with Crippen LogP contribution in [0.15, 0.2) is 0 Å². The Hall–Kier alpha value is -0.610. The van der Waals surface area contributed by atoms with Crippen LogP contribution in [-0.4, -0.2) is 41.1 Å². The number of hydrogen-bond donors (Lipinski definition) is 2. The van der Waals surface area contributed by atoms with Crippen LogP contribution in [0.1, 0.15) is 19.8 Å². The van der Waals surface area contributed by atoms with Crippen molar-refractivity contribution >= 4 is 5.91 Å². The first kappa shape index (κ1) is 9.48. The third kappa shape index (κ3) is 1.76. The highest BCUT2D eigenvalue weighted by atomic mass is 16.3. The summed E-state index contributed by atoms with van der Waals surface area (Å²) in [4.78, 5) is 12.9. The molecular formula is C8H16N2O2. The van der Waals surface area contributed by atoms with Crippen molar-refractivity contribution in [1.29, 1.82) is 0 Å². The van der Waals surface area contributed by atoms with Crippen LogP contribution < -0.4 is 5.73 Å². The van der Waals surface area contributed by atoms with Gasteiger partial charge in [0.15, 0.2) is 0 Å². The molecule has 1 saturated heterocycles. The third-order valence-corrected chi connectivity index (χ3v) is 2.35. The molecule has 0 radical (unpaired) electrons. The topological polar surface area (TPSA) is 66.6 Å². The van der Waals surface area contributed by atoms with E-state index in [1.165, 1.54) is 0 Å². The molecule has 1 rings (SSSR count). The number of rotatable bonds is 2. The predicted octanol–water partition coefficient (Wildman–Crippen LogP) is -0.683. The number of carbonyl (C=O) groups is 1. The number of nitrogens with two attached hydrogens (primary N) is 1. The lowest BCUT2D eigenvalue weighted by molar-refractivity contribution is -0.132. The molecule has 0 saturated carbocycles. The van der Waals surface area contributed by atoms with E-state index in [1.54, 1.807) is 11.8 Å². The van der Waals surface area contributed by atoms with Gasteiger partial charge in [-0.2, -0.15) is 0 Å². The standard InChI is InChI=1S/C8H16N2O2/c1-6(11)7-3-2-4-10(7)8(12)5-9/h6-7,11H,2-5,9H2,1H3/t6-,7+/m1/s1. The molecule has 0 unspecified atom stereocenters. The van der Waals surface area contributed by atoms with Gasteiger partial charge in [0.2, 0.25) is 5.91 Å². The van der Waals surface area contributed by atoms with E-state index in [2.05, 4.69) is 0 Å². The molecular weight excluding hydrogens is 156 g/mol. The smallest absolute Gasteiger partial charge is 0.236 e. The van der Waals surface area contributed by atoms with Crippen molar-refractivity contribution < 1.29 is 9.90 Å². The quantitative estimate of drug-likeness (QED) is 0.580. The maximum Gasteiger partial charge on any atom is 0.236 e. The van der Waals surface area contributed by atoms with E-state index in [0.717, 1.165) is 19.4 Å². The van der Waals surface area contributed by atoms with Crippen molar-refractivity contribution in [2.75, 3.05) is 13.1 Å². The minimum absolute atomic E-state index is 0.0129. The molecule has 70 valence electrons. The van der Waals surface area contributed by atoms with Gasteiger partial charge in [0.1, 0.15) is 0 Å². The Balaban J connectivity index is 2.57. The summed E-state index contributed by atoms with van der Waals surface area (Å²) >= 11 is 0. The van der Waals surface area contributed by atoms with Crippen LogP contribution in [0.2, 0.25) is 0 Å². The van der Waals surface area contributed by atoms with Crippen LogP contribution in [0.3, 0.4) is 0 Å². The van der Waals surface area contributed by atoms with Crippen molar-refractivity contribution in [2.45, 2.75) is 31.9 Å². The summed E-state index contributed by atoms with van der Waals surface area (Å²) in [5.74, 6) is -0.0570. The fourth-order valence-electron chi connectivity index (χ4n) is 1.72. The zero-order valence-corrected chi connectivity index (χ0v) is 7.36. The Morgan fingerprint density at radius 1 is 1.83 bits per heavy atom. The Kier molecular flexibility index (Phi) is 3.05. The number of aliphatic hydroxyl groups excluding tert-OH is 1. The summed E-state index contributed by atoms with van der Waals surface area (Å²) in [7, 11) is 0. The van der Waals surface area contributed by atoms with E-state index in [4.69, 9.17) is 5.73 Å². The highest BCUT2D eigenvalue weighted by Gasteiger charge is 2.30. The molecule has 0 bridgehead atoms. The van der Waals surface area contributed by atoms with E-state index in [0.29, 0.717) is 0 Å². The molecule has 4 heteroatoms. The van der Waals surface area contributed by atoms with Crippen LogP contribution in [0, 0.1) is 0 Å². The van der Waals surface area contributed by atoms with Gasteiger partial charge >= 0.3 is 0 Å². The van der Waals surface area contributed by atoms with Crippen LogP contribution in [-0.2, 0) is 4.79 Å².